The molecule has 0 bridgehead atoms. The monoisotopic (exact) mass is 208 g/mol. The van der Waals surface area contributed by atoms with Gasteiger partial charge in [-0.1, -0.05) is 42.5 Å². The van der Waals surface area contributed by atoms with E-state index in [1.807, 2.05) is 6.08 Å². The SMILES string of the molecule is C=CCC12OC1C=CC1=C2c2ccccc21. The van der Waals surface area contributed by atoms with E-state index in [1.165, 1.54) is 22.3 Å². The minimum absolute atomic E-state index is 0.0693. The molecule has 1 aliphatic heterocycles. The first-order valence-electron chi connectivity index (χ1n) is 5.68. The third-order valence-corrected chi connectivity index (χ3v) is 3.80. The highest BCUT2D eigenvalue weighted by Gasteiger charge is 2.61. The molecule has 0 saturated carbocycles. The summed E-state index contributed by atoms with van der Waals surface area (Å²) in [5.74, 6) is 0. The summed E-state index contributed by atoms with van der Waals surface area (Å²) in [4.78, 5) is 0. The van der Waals surface area contributed by atoms with E-state index in [1.54, 1.807) is 0 Å². The number of hydrogen-bond acceptors (Lipinski definition) is 1. The van der Waals surface area contributed by atoms with Gasteiger partial charge in [0.2, 0.25) is 0 Å². The zero-order valence-corrected chi connectivity index (χ0v) is 8.94. The fourth-order valence-corrected chi connectivity index (χ4v) is 3.04. The van der Waals surface area contributed by atoms with Crippen LogP contribution in [0.4, 0.5) is 0 Å². The number of benzene rings is 1. The van der Waals surface area contributed by atoms with Crippen LogP contribution in [0.1, 0.15) is 17.5 Å². The van der Waals surface area contributed by atoms with E-state index < -0.39 is 0 Å². The first-order chi connectivity index (χ1) is 7.87. The molecule has 16 heavy (non-hydrogen) atoms. The van der Waals surface area contributed by atoms with Gasteiger partial charge in [0.1, 0.15) is 11.7 Å². The van der Waals surface area contributed by atoms with Crippen molar-refractivity contribution in [2.75, 3.05) is 0 Å². The lowest BCUT2D eigenvalue weighted by atomic mass is 9.69. The smallest absolute Gasteiger partial charge is 0.128 e. The summed E-state index contributed by atoms with van der Waals surface area (Å²) in [6.45, 7) is 3.84. The lowest BCUT2D eigenvalue weighted by molar-refractivity contribution is 0.349. The van der Waals surface area contributed by atoms with Crippen molar-refractivity contribution in [3.8, 4) is 0 Å². The molecule has 78 valence electrons. The van der Waals surface area contributed by atoms with Crippen LogP contribution in [0.2, 0.25) is 0 Å². The summed E-state index contributed by atoms with van der Waals surface area (Å²) in [7, 11) is 0. The second-order valence-corrected chi connectivity index (χ2v) is 4.61. The van der Waals surface area contributed by atoms with Gasteiger partial charge in [-0.25, -0.2) is 0 Å². The van der Waals surface area contributed by atoms with Crippen LogP contribution in [0.5, 0.6) is 0 Å². The molecule has 0 radical (unpaired) electrons. The molecule has 0 aromatic heterocycles. The fraction of sp³-hybridized carbons (Fsp3) is 0.200. The Bertz CT molecular complexity index is 565. The Labute approximate surface area is 94.7 Å². The normalized spacial score (nSPS) is 32.4. The van der Waals surface area contributed by atoms with E-state index in [0.29, 0.717) is 0 Å². The van der Waals surface area contributed by atoms with E-state index in [2.05, 4.69) is 43.0 Å². The first-order valence-corrected chi connectivity index (χ1v) is 5.68. The molecular formula is C15H12O. The maximum absolute atomic E-state index is 5.88. The lowest BCUT2D eigenvalue weighted by Gasteiger charge is -2.32. The summed E-state index contributed by atoms with van der Waals surface area (Å²) in [6.07, 6.45) is 7.53. The van der Waals surface area contributed by atoms with E-state index in [-0.39, 0.29) is 11.7 Å². The van der Waals surface area contributed by atoms with Gasteiger partial charge >= 0.3 is 0 Å². The highest BCUT2D eigenvalue weighted by Crippen LogP contribution is 2.61. The maximum atomic E-state index is 5.88. The molecule has 1 fully saturated rings. The Balaban J connectivity index is 1.89. The number of epoxide rings is 1. The number of hydrogen-bond donors (Lipinski definition) is 0. The zero-order valence-electron chi connectivity index (χ0n) is 8.94. The predicted octanol–water partition coefficient (Wildman–Crippen LogP) is 3.19. The number of fused-ring (bicyclic) bond motifs is 5. The molecule has 2 unspecified atom stereocenters. The van der Waals surface area contributed by atoms with Crippen LogP contribution in [0.3, 0.4) is 0 Å². The molecule has 4 rings (SSSR count). The van der Waals surface area contributed by atoms with Crippen molar-refractivity contribution in [3.63, 3.8) is 0 Å². The molecule has 3 aliphatic rings. The minimum Gasteiger partial charge on any atom is -0.356 e. The topological polar surface area (TPSA) is 12.5 Å². The third-order valence-electron chi connectivity index (χ3n) is 3.80. The highest BCUT2D eigenvalue weighted by molar-refractivity contribution is 6.12. The van der Waals surface area contributed by atoms with Crippen LogP contribution in [0.15, 0.2) is 49.1 Å². The molecular weight excluding hydrogens is 196 g/mol. The second-order valence-electron chi connectivity index (χ2n) is 4.61. The van der Waals surface area contributed by atoms with Crippen molar-refractivity contribution in [2.45, 2.75) is 18.1 Å². The number of ether oxygens (including phenoxy) is 1. The van der Waals surface area contributed by atoms with Crippen LogP contribution in [-0.2, 0) is 4.74 Å². The van der Waals surface area contributed by atoms with Gasteiger partial charge in [-0.15, -0.1) is 6.58 Å². The van der Waals surface area contributed by atoms with Gasteiger partial charge < -0.3 is 4.74 Å². The van der Waals surface area contributed by atoms with Gasteiger partial charge in [0.05, 0.1) is 0 Å². The van der Waals surface area contributed by atoms with Gasteiger partial charge in [0.15, 0.2) is 0 Å². The summed E-state index contributed by atoms with van der Waals surface area (Å²) in [6, 6.07) is 8.57. The fourth-order valence-electron chi connectivity index (χ4n) is 3.04. The van der Waals surface area contributed by atoms with Gasteiger partial charge in [-0.2, -0.15) is 0 Å². The molecule has 2 atom stereocenters. The molecule has 1 heterocycles. The molecule has 1 nitrogen and oxygen atoms in total. The van der Waals surface area contributed by atoms with Gasteiger partial charge in [0.25, 0.3) is 0 Å². The Morgan fingerprint density at radius 2 is 2.12 bits per heavy atom. The number of allylic oxidation sites excluding steroid dienone is 2. The largest absolute Gasteiger partial charge is 0.356 e. The molecule has 1 aromatic rings. The van der Waals surface area contributed by atoms with Crippen LogP contribution < -0.4 is 0 Å². The van der Waals surface area contributed by atoms with Crippen LogP contribution >= 0.6 is 0 Å². The van der Waals surface area contributed by atoms with Crippen molar-refractivity contribution in [1.82, 2.24) is 0 Å². The summed E-state index contributed by atoms with van der Waals surface area (Å²) in [5.41, 5.74) is 5.43. The van der Waals surface area contributed by atoms with E-state index in [0.717, 1.165) is 6.42 Å². The van der Waals surface area contributed by atoms with Gasteiger partial charge in [0, 0.05) is 12.0 Å². The molecule has 1 heteroatoms. The summed E-state index contributed by atoms with van der Waals surface area (Å²) < 4.78 is 5.88. The molecule has 0 N–H and O–H groups in total. The van der Waals surface area contributed by atoms with Crippen molar-refractivity contribution in [1.29, 1.82) is 0 Å². The van der Waals surface area contributed by atoms with E-state index in [4.69, 9.17) is 4.74 Å². The van der Waals surface area contributed by atoms with Crippen molar-refractivity contribution in [2.24, 2.45) is 0 Å². The Hall–Kier alpha value is -1.60. The van der Waals surface area contributed by atoms with E-state index in [9.17, 15) is 0 Å². The van der Waals surface area contributed by atoms with Crippen LogP contribution in [0, 0.1) is 0 Å². The average Bonchev–Trinajstić information content (AvgIpc) is 2.97. The van der Waals surface area contributed by atoms with Crippen molar-refractivity contribution < 1.29 is 4.74 Å². The summed E-state index contributed by atoms with van der Waals surface area (Å²) >= 11 is 0. The highest BCUT2D eigenvalue weighted by atomic mass is 16.6. The molecule has 0 amide bonds. The quantitative estimate of drug-likeness (QED) is 0.537. The first kappa shape index (κ1) is 8.54. The van der Waals surface area contributed by atoms with Crippen LogP contribution in [-0.4, -0.2) is 11.7 Å². The standard InChI is InChI=1S/C15H12O/c1-2-9-15-13(16-15)8-7-12-10-5-3-4-6-11(10)14(12)15/h2-8,13H,1,9H2. The van der Waals surface area contributed by atoms with E-state index >= 15 is 0 Å². The van der Waals surface area contributed by atoms with Crippen molar-refractivity contribution >= 4 is 11.1 Å². The predicted molar refractivity (Wildman–Crippen MR) is 64.8 cm³/mol. The molecule has 1 aromatic carbocycles. The molecule has 0 spiro atoms. The summed E-state index contributed by atoms with van der Waals surface area (Å²) in [5, 5.41) is 0. The Kier molecular flexibility index (Phi) is 1.36. The Morgan fingerprint density at radius 1 is 1.31 bits per heavy atom. The third kappa shape index (κ3) is 0.782. The van der Waals surface area contributed by atoms with Gasteiger partial charge in [-0.05, 0) is 16.7 Å². The van der Waals surface area contributed by atoms with Crippen LogP contribution in [0.25, 0.3) is 11.1 Å². The Morgan fingerprint density at radius 3 is 2.94 bits per heavy atom. The maximum Gasteiger partial charge on any atom is 0.128 e. The number of rotatable bonds is 2. The minimum atomic E-state index is -0.0693. The van der Waals surface area contributed by atoms with Crippen molar-refractivity contribution in [3.05, 3.63) is 60.2 Å². The second kappa shape index (κ2) is 2.55. The average molecular weight is 208 g/mol. The lowest BCUT2D eigenvalue weighted by Crippen LogP contribution is -2.25. The van der Waals surface area contributed by atoms with Gasteiger partial charge in [-0.3, -0.25) is 0 Å². The molecule has 1 saturated heterocycles. The zero-order chi connectivity index (χ0) is 10.8. The molecule has 2 aliphatic carbocycles.